The Balaban J connectivity index is 1.70. The fourth-order valence-corrected chi connectivity index (χ4v) is 4.03. The molecular weight excluding hydrogens is 413 g/mol. The number of imide groups is 1. The van der Waals surface area contributed by atoms with Crippen LogP contribution in [0.1, 0.15) is 36.5 Å². The van der Waals surface area contributed by atoms with Crippen molar-refractivity contribution in [1.82, 2.24) is 4.90 Å². The first-order valence-electron chi connectivity index (χ1n) is 9.20. The first kappa shape index (κ1) is 21.4. The molecule has 1 aliphatic rings. The number of rotatable bonds is 6. The molecule has 152 valence electrons. The minimum absolute atomic E-state index is 0.0947. The van der Waals surface area contributed by atoms with Crippen LogP contribution < -0.4 is 4.74 Å². The van der Waals surface area contributed by atoms with Crippen molar-refractivity contribution in [3.63, 3.8) is 0 Å². The second-order valence-corrected chi connectivity index (χ2v) is 8.41. The van der Waals surface area contributed by atoms with Gasteiger partial charge in [0.25, 0.3) is 11.1 Å². The highest BCUT2D eigenvalue weighted by molar-refractivity contribution is 8.18. The van der Waals surface area contributed by atoms with Crippen LogP contribution >= 0.6 is 23.4 Å². The fourth-order valence-electron chi connectivity index (χ4n) is 2.96. The highest BCUT2D eigenvalue weighted by atomic mass is 35.5. The summed E-state index contributed by atoms with van der Waals surface area (Å²) in [5.41, 5.74) is 2.23. The number of benzene rings is 2. The second kappa shape index (κ2) is 9.01. The first-order chi connectivity index (χ1) is 13.8. The minimum atomic E-state index is -0.548. The fraction of sp³-hybridized carbons (Fsp3) is 0.273. The van der Waals surface area contributed by atoms with Crippen LogP contribution in [0, 0.1) is 12.7 Å². The number of amides is 2. The Morgan fingerprint density at radius 2 is 2.00 bits per heavy atom. The molecule has 0 aliphatic carbocycles. The SMILES string of the molecule is Cc1ccc(C(C)C)c(OCCN2C(=O)S/C(=C\c3c(F)cccc3Cl)C2=O)c1. The summed E-state index contributed by atoms with van der Waals surface area (Å²) in [6.07, 6.45) is 1.32. The molecule has 0 saturated carbocycles. The molecule has 0 atom stereocenters. The summed E-state index contributed by atoms with van der Waals surface area (Å²) in [5.74, 6) is 0.0152. The van der Waals surface area contributed by atoms with E-state index in [0.29, 0.717) is 0 Å². The number of hydrogen-bond donors (Lipinski definition) is 0. The van der Waals surface area contributed by atoms with Gasteiger partial charge in [0.1, 0.15) is 18.2 Å². The maximum absolute atomic E-state index is 14.0. The summed E-state index contributed by atoms with van der Waals surface area (Å²) in [5, 5.41) is -0.230. The standard InChI is InChI=1S/C22H21ClFNO3S/c1-13(2)15-8-7-14(3)11-19(15)28-10-9-25-21(26)20(29-22(25)27)12-16-17(23)5-4-6-18(16)24/h4-8,11-13H,9-10H2,1-3H3/b20-12-. The van der Waals surface area contributed by atoms with Gasteiger partial charge in [-0.15, -0.1) is 0 Å². The summed E-state index contributed by atoms with van der Waals surface area (Å²) in [7, 11) is 0. The maximum atomic E-state index is 14.0. The van der Waals surface area contributed by atoms with Crippen molar-refractivity contribution in [3.05, 3.63) is 68.8 Å². The van der Waals surface area contributed by atoms with Crippen molar-refractivity contribution in [3.8, 4) is 5.75 Å². The van der Waals surface area contributed by atoms with Crippen LogP contribution in [0.4, 0.5) is 9.18 Å². The number of nitrogens with zero attached hydrogens (tertiary/aromatic N) is 1. The number of hydrogen-bond acceptors (Lipinski definition) is 4. The maximum Gasteiger partial charge on any atom is 0.293 e. The Morgan fingerprint density at radius 3 is 2.69 bits per heavy atom. The van der Waals surface area contributed by atoms with Gasteiger partial charge >= 0.3 is 0 Å². The van der Waals surface area contributed by atoms with E-state index in [1.54, 1.807) is 0 Å². The molecule has 7 heteroatoms. The highest BCUT2D eigenvalue weighted by Crippen LogP contribution is 2.34. The summed E-state index contributed by atoms with van der Waals surface area (Å²) in [6, 6.07) is 10.3. The van der Waals surface area contributed by atoms with Crippen LogP contribution in [0.25, 0.3) is 6.08 Å². The zero-order valence-corrected chi connectivity index (χ0v) is 17.9. The van der Waals surface area contributed by atoms with Gasteiger partial charge in [-0.1, -0.05) is 43.6 Å². The summed E-state index contributed by atoms with van der Waals surface area (Å²) >= 11 is 6.78. The molecule has 0 bridgehead atoms. The van der Waals surface area contributed by atoms with Crippen LogP contribution in [0.5, 0.6) is 5.75 Å². The average molecular weight is 434 g/mol. The number of carbonyl (C=O) groups is 2. The van der Waals surface area contributed by atoms with Gasteiger partial charge in [-0.25, -0.2) is 4.39 Å². The normalized spacial score (nSPS) is 15.7. The molecule has 0 N–H and O–H groups in total. The molecule has 0 aromatic heterocycles. The third-order valence-electron chi connectivity index (χ3n) is 4.51. The number of carbonyl (C=O) groups excluding carboxylic acids is 2. The van der Waals surface area contributed by atoms with Gasteiger partial charge in [-0.2, -0.15) is 0 Å². The lowest BCUT2D eigenvalue weighted by molar-refractivity contribution is -0.123. The Hall–Kier alpha value is -2.31. The van der Waals surface area contributed by atoms with Gasteiger partial charge in [0, 0.05) is 5.56 Å². The molecule has 2 aromatic rings. The first-order valence-corrected chi connectivity index (χ1v) is 10.4. The summed E-state index contributed by atoms with van der Waals surface area (Å²) < 4.78 is 19.9. The van der Waals surface area contributed by atoms with E-state index in [4.69, 9.17) is 16.3 Å². The van der Waals surface area contributed by atoms with Crippen molar-refractivity contribution in [1.29, 1.82) is 0 Å². The Kier molecular flexibility index (Phi) is 6.65. The van der Waals surface area contributed by atoms with Crippen molar-refractivity contribution in [2.75, 3.05) is 13.2 Å². The van der Waals surface area contributed by atoms with Crippen molar-refractivity contribution in [2.45, 2.75) is 26.7 Å². The average Bonchev–Trinajstić information content (AvgIpc) is 2.92. The molecule has 1 saturated heterocycles. The van der Waals surface area contributed by atoms with E-state index in [9.17, 15) is 14.0 Å². The molecule has 1 fully saturated rings. The molecule has 29 heavy (non-hydrogen) atoms. The lowest BCUT2D eigenvalue weighted by atomic mass is 10.0. The zero-order valence-electron chi connectivity index (χ0n) is 16.4. The summed E-state index contributed by atoms with van der Waals surface area (Å²) in [4.78, 5) is 26.1. The van der Waals surface area contributed by atoms with Crippen molar-refractivity contribution in [2.24, 2.45) is 0 Å². The monoisotopic (exact) mass is 433 g/mol. The van der Waals surface area contributed by atoms with Crippen LogP contribution in [0.15, 0.2) is 41.3 Å². The van der Waals surface area contributed by atoms with Gasteiger partial charge in [0.05, 0.1) is 16.5 Å². The van der Waals surface area contributed by atoms with E-state index >= 15 is 0 Å². The van der Waals surface area contributed by atoms with Crippen LogP contribution in [-0.4, -0.2) is 29.2 Å². The van der Waals surface area contributed by atoms with E-state index < -0.39 is 17.0 Å². The third kappa shape index (κ3) is 4.82. The van der Waals surface area contributed by atoms with Gasteiger partial charge < -0.3 is 4.74 Å². The largest absolute Gasteiger partial charge is 0.491 e. The lowest BCUT2D eigenvalue weighted by Gasteiger charge is -2.17. The quantitative estimate of drug-likeness (QED) is 0.522. The molecule has 1 aliphatic heterocycles. The molecule has 3 rings (SSSR count). The number of aryl methyl sites for hydroxylation is 1. The molecule has 0 radical (unpaired) electrons. The van der Waals surface area contributed by atoms with Crippen molar-refractivity contribution < 1.29 is 18.7 Å². The molecule has 2 amide bonds. The van der Waals surface area contributed by atoms with Crippen molar-refractivity contribution >= 4 is 40.6 Å². The minimum Gasteiger partial charge on any atom is -0.491 e. The molecule has 2 aromatic carbocycles. The lowest BCUT2D eigenvalue weighted by Crippen LogP contribution is -2.32. The zero-order chi connectivity index (χ0) is 21.1. The third-order valence-corrected chi connectivity index (χ3v) is 5.75. The predicted molar refractivity (Wildman–Crippen MR) is 115 cm³/mol. The van der Waals surface area contributed by atoms with E-state index in [1.807, 2.05) is 25.1 Å². The molecule has 4 nitrogen and oxygen atoms in total. The van der Waals surface area contributed by atoms with E-state index in [-0.39, 0.29) is 34.6 Å². The number of ether oxygens (including phenoxy) is 1. The van der Waals surface area contributed by atoms with E-state index in [2.05, 4.69) is 13.8 Å². The van der Waals surface area contributed by atoms with Gasteiger partial charge in [-0.3, -0.25) is 14.5 Å². The van der Waals surface area contributed by atoms with Gasteiger partial charge in [0.2, 0.25) is 0 Å². The van der Waals surface area contributed by atoms with Crippen LogP contribution in [0.2, 0.25) is 5.02 Å². The topological polar surface area (TPSA) is 46.6 Å². The van der Waals surface area contributed by atoms with E-state index in [1.165, 1.54) is 24.3 Å². The Labute approximate surface area is 178 Å². The molecule has 0 spiro atoms. The van der Waals surface area contributed by atoms with Crippen LogP contribution in [0.3, 0.4) is 0 Å². The molecule has 0 unspecified atom stereocenters. The van der Waals surface area contributed by atoms with Crippen LogP contribution in [-0.2, 0) is 4.79 Å². The number of thioether (sulfide) groups is 1. The van der Waals surface area contributed by atoms with E-state index in [0.717, 1.165) is 33.5 Å². The number of halogens is 2. The Bertz CT molecular complexity index is 970. The van der Waals surface area contributed by atoms with Gasteiger partial charge in [-0.05, 0) is 60.0 Å². The summed E-state index contributed by atoms with van der Waals surface area (Å²) in [6.45, 7) is 6.42. The predicted octanol–water partition coefficient (Wildman–Crippen LogP) is 6.03. The smallest absolute Gasteiger partial charge is 0.293 e. The molecular formula is C22H21ClFNO3S. The van der Waals surface area contributed by atoms with Gasteiger partial charge in [0.15, 0.2) is 0 Å². The molecule has 1 heterocycles. The second-order valence-electron chi connectivity index (χ2n) is 7.01. The Morgan fingerprint density at radius 1 is 1.24 bits per heavy atom. The highest BCUT2D eigenvalue weighted by Gasteiger charge is 2.35.